The summed E-state index contributed by atoms with van der Waals surface area (Å²) < 4.78 is 1.15. The van der Waals surface area contributed by atoms with Gasteiger partial charge in [-0.3, -0.25) is 4.99 Å². The lowest BCUT2D eigenvalue weighted by molar-refractivity contribution is 0.466. The maximum atomic E-state index is 4.61. The van der Waals surface area contributed by atoms with Crippen molar-refractivity contribution in [1.29, 1.82) is 0 Å². The number of thiophene rings is 1. The molecule has 2 rings (SSSR count). The van der Waals surface area contributed by atoms with Gasteiger partial charge in [-0.2, -0.15) is 0 Å². The summed E-state index contributed by atoms with van der Waals surface area (Å²) >= 11 is 7.04. The fourth-order valence-corrected chi connectivity index (χ4v) is 4.00. The van der Waals surface area contributed by atoms with E-state index in [1.54, 1.807) is 11.3 Å². The van der Waals surface area contributed by atoms with E-state index in [0.29, 0.717) is 0 Å². The van der Waals surface area contributed by atoms with E-state index in [0.717, 1.165) is 28.4 Å². The van der Waals surface area contributed by atoms with E-state index in [4.69, 9.17) is 0 Å². The van der Waals surface area contributed by atoms with E-state index in [1.807, 2.05) is 11.8 Å². The van der Waals surface area contributed by atoms with Gasteiger partial charge in [0.15, 0.2) is 5.17 Å². The van der Waals surface area contributed by atoms with Crippen molar-refractivity contribution >= 4 is 44.2 Å². The van der Waals surface area contributed by atoms with Crippen molar-refractivity contribution in [3.8, 4) is 0 Å². The molecule has 88 valence electrons. The molecule has 2 nitrogen and oxygen atoms in total. The van der Waals surface area contributed by atoms with E-state index < -0.39 is 0 Å². The van der Waals surface area contributed by atoms with Gasteiger partial charge >= 0.3 is 0 Å². The fraction of sp³-hybridized carbons (Fsp3) is 0.545. The Bertz CT molecular complexity index is 402. The number of thioether (sulfide) groups is 1. The van der Waals surface area contributed by atoms with E-state index in [-0.39, 0.29) is 5.54 Å². The molecule has 1 aliphatic heterocycles. The van der Waals surface area contributed by atoms with Crippen molar-refractivity contribution < 1.29 is 0 Å². The van der Waals surface area contributed by atoms with Crippen LogP contribution in [0.5, 0.6) is 0 Å². The highest BCUT2D eigenvalue weighted by Crippen LogP contribution is 2.26. The third-order valence-corrected chi connectivity index (χ3v) is 5.69. The molecule has 1 unspecified atom stereocenters. The predicted octanol–water partition coefficient (Wildman–Crippen LogP) is 3.87. The maximum absolute atomic E-state index is 4.61. The molecule has 1 fully saturated rings. The van der Waals surface area contributed by atoms with Gasteiger partial charge in [0.2, 0.25) is 0 Å². The SMILES string of the molecule is CCC1(C)CSC(=NCc2cc(Br)cs2)N1. The number of hydrogen-bond acceptors (Lipinski definition) is 3. The van der Waals surface area contributed by atoms with Crippen LogP contribution in [0.25, 0.3) is 0 Å². The van der Waals surface area contributed by atoms with Gasteiger partial charge in [0, 0.05) is 26.0 Å². The summed E-state index contributed by atoms with van der Waals surface area (Å²) in [6, 6.07) is 2.13. The minimum Gasteiger partial charge on any atom is -0.359 e. The molecule has 0 saturated carbocycles. The Kier molecular flexibility index (Phi) is 3.97. The van der Waals surface area contributed by atoms with E-state index >= 15 is 0 Å². The number of halogens is 1. The highest BCUT2D eigenvalue weighted by molar-refractivity contribution is 9.10. The van der Waals surface area contributed by atoms with Gasteiger partial charge in [0.05, 0.1) is 6.54 Å². The minimum absolute atomic E-state index is 0.236. The Balaban J connectivity index is 1.95. The second-order valence-corrected chi connectivity index (χ2v) is 7.06. The first kappa shape index (κ1) is 12.5. The summed E-state index contributed by atoms with van der Waals surface area (Å²) in [6.45, 7) is 5.25. The molecule has 0 aliphatic carbocycles. The molecule has 1 aliphatic rings. The van der Waals surface area contributed by atoms with Crippen molar-refractivity contribution in [2.24, 2.45) is 4.99 Å². The Morgan fingerprint density at radius 2 is 2.44 bits per heavy atom. The number of nitrogens with one attached hydrogen (secondary N) is 1. The van der Waals surface area contributed by atoms with Crippen LogP contribution in [0.3, 0.4) is 0 Å². The Hall–Kier alpha value is -0.0000000000000000833. The molecule has 0 aromatic carbocycles. The molecule has 5 heteroatoms. The van der Waals surface area contributed by atoms with Gasteiger partial charge < -0.3 is 5.32 Å². The molecular weight excluding hydrogens is 304 g/mol. The normalized spacial score (nSPS) is 27.3. The zero-order chi connectivity index (χ0) is 11.6. The minimum atomic E-state index is 0.236. The molecule has 16 heavy (non-hydrogen) atoms. The van der Waals surface area contributed by atoms with Crippen molar-refractivity contribution in [3.05, 3.63) is 20.8 Å². The second-order valence-electron chi connectivity index (χ2n) is 4.18. The van der Waals surface area contributed by atoms with Crippen molar-refractivity contribution in [2.75, 3.05) is 5.75 Å². The predicted molar refractivity (Wildman–Crippen MR) is 77.4 cm³/mol. The number of aliphatic imine (C=N–C) groups is 1. The Morgan fingerprint density at radius 3 is 3.00 bits per heavy atom. The molecule has 1 atom stereocenters. The van der Waals surface area contributed by atoms with Crippen LogP contribution >= 0.6 is 39.0 Å². The van der Waals surface area contributed by atoms with Crippen LogP contribution in [0.2, 0.25) is 0 Å². The zero-order valence-corrected chi connectivity index (χ0v) is 12.6. The van der Waals surface area contributed by atoms with Crippen LogP contribution in [-0.2, 0) is 6.54 Å². The van der Waals surface area contributed by atoms with Crippen LogP contribution in [-0.4, -0.2) is 16.5 Å². The molecule has 1 saturated heterocycles. The number of rotatable bonds is 3. The van der Waals surface area contributed by atoms with Crippen LogP contribution < -0.4 is 5.32 Å². The van der Waals surface area contributed by atoms with Crippen LogP contribution in [0.4, 0.5) is 0 Å². The van der Waals surface area contributed by atoms with Gasteiger partial charge in [-0.1, -0.05) is 18.7 Å². The van der Waals surface area contributed by atoms with Crippen molar-refractivity contribution in [2.45, 2.75) is 32.4 Å². The third kappa shape index (κ3) is 3.02. The summed E-state index contributed by atoms with van der Waals surface area (Å²) in [5.74, 6) is 1.12. The maximum Gasteiger partial charge on any atom is 0.157 e. The third-order valence-electron chi connectivity index (χ3n) is 2.72. The first-order chi connectivity index (χ1) is 7.61. The average Bonchev–Trinajstić information content (AvgIpc) is 2.83. The highest BCUT2D eigenvalue weighted by Gasteiger charge is 2.30. The number of hydrogen-bond donors (Lipinski definition) is 1. The molecule has 0 spiro atoms. The Labute approximate surface area is 113 Å². The molecule has 0 radical (unpaired) electrons. The summed E-state index contributed by atoms with van der Waals surface area (Å²) in [6.07, 6.45) is 1.14. The van der Waals surface area contributed by atoms with Crippen LogP contribution in [0, 0.1) is 0 Å². The van der Waals surface area contributed by atoms with Crippen molar-refractivity contribution in [1.82, 2.24) is 5.32 Å². The second kappa shape index (κ2) is 5.10. The van der Waals surface area contributed by atoms with E-state index in [9.17, 15) is 0 Å². The standard InChI is InChI=1S/C11H15BrN2S2/c1-3-11(2)7-16-10(14-11)13-5-9-4-8(12)6-15-9/h4,6H,3,5,7H2,1-2H3,(H,13,14). The summed E-state index contributed by atoms with van der Waals surface area (Å²) in [7, 11) is 0. The number of nitrogens with zero attached hydrogens (tertiary/aromatic N) is 1. The quantitative estimate of drug-likeness (QED) is 0.914. The van der Waals surface area contributed by atoms with Crippen molar-refractivity contribution in [3.63, 3.8) is 0 Å². The van der Waals surface area contributed by atoms with Gasteiger partial charge in [0.1, 0.15) is 0 Å². The topological polar surface area (TPSA) is 24.4 Å². The van der Waals surface area contributed by atoms with Crippen LogP contribution in [0.15, 0.2) is 20.9 Å². The molecule has 1 N–H and O–H groups in total. The monoisotopic (exact) mass is 318 g/mol. The average molecular weight is 319 g/mol. The smallest absolute Gasteiger partial charge is 0.157 e. The first-order valence-corrected chi connectivity index (χ1v) is 7.95. The Morgan fingerprint density at radius 1 is 1.62 bits per heavy atom. The summed E-state index contributed by atoms with van der Waals surface area (Å²) in [4.78, 5) is 5.91. The van der Waals surface area contributed by atoms with E-state index in [2.05, 4.69) is 51.5 Å². The van der Waals surface area contributed by atoms with Gasteiger partial charge in [-0.05, 0) is 35.3 Å². The van der Waals surface area contributed by atoms with E-state index in [1.165, 1.54) is 4.88 Å². The highest BCUT2D eigenvalue weighted by atomic mass is 79.9. The molecule has 0 amide bonds. The summed E-state index contributed by atoms with van der Waals surface area (Å²) in [5, 5.41) is 6.69. The molecule has 0 bridgehead atoms. The van der Waals surface area contributed by atoms with Gasteiger partial charge in [-0.15, -0.1) is 11.3 Å². The zero-order valence-electron chi connectivity index (χ0n) is 9.42. The number of amidine groups is 1. The largest absolute Gasteiger partial charge is 0.359 e. The molecular formula is C11H15BrN2S2. The van der Waals surface area contributed by atoms with Gasteiger partial charge in [-0.25, -0.2) is 0 Å². The fourth-order valence-electron chi connectivity index (χ4n) is 1.42. The first-order valence-electron chi connectivity index (χ1n) is 5.30. The summed E-state index contributed by atoms with van der Waals surface area (Å²) in [5.41, 5.74) is 0.236. The van der Waals surface area contributed by atoms with Crippen LogP contribution in [0.1, 0.15) is 25.1 Å². The lowest BCUT2D eigenvalue weighted by Crippen LogP contribution is -2.39. The molecule has 1 aromatic rings. The lowest BCUT2D eigenvalue weighted by Gasteiger charge is -2.20. The lowest BCUT2D eigenvalue weighted by atomic mass is 10.0. The molecule has 1 aromatic heterocycles. The van der Waals surface area contributed by atoms with Gasteiger partial charge in [0.25, 0.3) is 0 Å². The molecule has 2 heterocycles.